The summed E-state index contributed by atoms with van der Waals surface area (Å²) in [6, 6.07) is 0. The van der Waals surface area contributed by atoms with Gasteiger partial charge in [-0.3, -0.25) is 5.43 Å². The lowest BCUT2D eigenvalue weighted by atomic mass is 10.9. The van der Waals surface area contributed by atoms with Gasteiger partial charge in [0.25, 0.3) is 10.3 Å². The molecule has 18 heavy (non-hydrogen) atoms. The number of hydrogen-bond donors (Lipinski definition) is 5. The fraction of sp³-hybridized carbons (Fsp3) is 0.500. The zero-order valence-corrected chi connectivity index (χ0v) is 9.64. The van der Waals surface area contributed by atoms with Crippen LogP contribution in [0.5, 0.6) is 0 Å². The molecule has 0 atom stereocenters. The van der Waals surface area contributed by atoms with Gasteiger partial charge in [-0.2, -0.15) is 18.2 Å². The average Bonchev–Trinajstić information content (AvgIpc) is 2.11. The zero-order chi connectivity index (χ0) is 15.1. The lowest BCUT2D eigenvalue weighted by Gasteiger charge is -2.25. The highest BCUT2D eigenvalue weighted by Crippen LogP contribution is 2.22. The quantitative estimate of drug-likeness (QED) is 0.160. The van der Waals surface area contributed by atoms with Crippen molar-refractivity contribution in [3.8, 4) is 0 Å². The van der Waals surface area contributed by atoms with Gasteiger partial charge in [0.15, 0.2) is 0 Å². The van der Waals surface area contributed by atoms with Crippen LogP contribution in [-0.2, 0) is 0 Å². The Kier molecular flexibility index (Phi) is 7.84. The molecule has 0 spiro atoms. The molecule has 0 aromatic heterocycles. The molecule has 0 saturated heterocycles. The molecule has 0 bridgehead atoms. The van der Waals surface area contributed by atoms with Crippen molar-refractivity contribution < 1.29 is 36.6 Å². The van der Waals surface area contributed by atoms with Crippen molar-refractivity contribution in [1.82, 2.24) is 15.9 Å². The van der Waals surface area contributed by atoms with E-state index in [4.69, 9.17) is 10.2 Å². The smallest absolute Gasteiger partial charge is 0.486 e. The second kappa shape index (κ2) is 7.34. The molecule has 0 aliphatic carbocycles. The lowest BCUT2D eigenvalue weighted by molar-refractivity contribution is -0.289. The van der Waals surface area contributed by atoms with Gasteiger partial charge < -0.3 is 10.2 Å². The van der Waals surface area contributed by atoms with Gasteiger partial charge in [0.2, 0.25) is 0 Å². The van der Waals surface area contributed by atoms with Gasteiger partial charge in [-0.15, -0.1) is 18.6 Å². The Morgan fingerprint density at radius 3 is 1.44 bits per heavy atom. The Balaban J connectivity index is 0. The number of nitrogens with zero attached hydrogens (tertiary/aromatic N) is 1. The molecule has 0 amide bonds. The molecule has 6 N–H and O–H groups in total. The molecule has 0 heterocycles. The third-order valence-electron chi connectivity index (χ3n) is 0.807. The van der Waals surface area contributed by atoms with Crippen molar-refractivity contribution in [2.45, 2.75) is 12.6 Å². The molecule has 0 saturated carbocycles. The molecule has 0 rings (SSSR count). The highest BCUT2D eigenvalue weighted by molar-refractivity contribution is 7.80. The number of aliphatic hydroxyl groups is 2. The first-order chi connectivity index (χ1) is 7.81. The Morgan fingerprint density at radius 2 is 1.39 bits per heavy atom. The molecule has 0 unspecified atom stereocenters. The van der Waals surface area contributed by atoms with Gasteiger partial charge in [0.05, 0.1) is 0 Å². The van der Waals surface area contributed by atoms with Gasteiger partial charge in [-0.25, -0.2) is 5.84 Å². The molecular formula is C4H6F6N4O2S2. The van der Waals surface area contributed by atoms with Crippen LogP contribution < -0.4 is 16.7 Å². The SMILES string of the molecule is NNC(O)=S.OC(=S)N(NC(F)(F)F)C(F)(F)F. The van der Waals surface area contributed by atoms with E-state index >= 15 is 0 Å². The van der Waals surface area contributed by atoms with Crippen molar-refractivity contribution >= 4 is 34.8 Å². The summed E-state index contributed by atoms with van der Waals surface area (Å²) in [6.45, 7) is 0. The lowest BCUT2D eigenvalue weighted by Crippen LogP contribution is -2.56. The van der Waals surface area contributed by atoms with Crippen LogP contribution in [0.1, 0.15) is 0 Å². The predicted molar refractivity (Wildman–Crippen MR) is 54.9 cm³/mol. The van der Waals surface area contributed by atoms with Crippen LogP contribution in [0.3, 0.4) is 0 Å². The molecule has 0 aliphatic heterocycles. The zero-order valence-electron chi connectivity index (χ0n) is 8.00. The van der Waals surface area contributed by atoms with Gasteiger partial charge in [0, 0.05) is 0 Å². The van der Waals surface area contributed by atoms with Crippen LogP contribution in [0, 0.1) is 0 Å². The summed E-state index contributed by atoms with van der Waals surface area (Å²) in [5, 5.41) is 12.1. The van der Waals surface area contributed by atoms with E-state index in [-0.39, 0.29) is 10.6 Å². The number of aliphatic hydroxyl groups excluding tert-OH is 2. The van der Waals surface area contributed by atoms with Crippen LogP contribution in [0.25, 0.3) is 0 Å². The second-order valence-corrected chi connectivity index (χ2v) is 2.90. The van der Waals surface area contributed by atoms with Crippen LogP contribution in [0.4, 0.5) is 26.3 Å². The molecule has 14 heteroatoms. The fourth-order valence-electron chi connectivity index (χ4n) is 0.346. The number of thiocarbonyl (C=S) groups is 2. The molecule has 6 nitrogen and oxygen atoms in total. The van der Waals surface area contributed by atoms with Crippen LogP contribution in [-0.4, -0.2) is 38.2 Å². The average molecular weight is 320 g/mol. The summed E-state index contributed by atoms with van der Waals surface area (Å²) in [7, 11) is 0. The minimum atomic E-state index is -5.44. The standard InChI is InChI=1S/C3H2F6N2OS.CH4N2OS/c4-2(5,6)10-11(1(12)13)3(7,8)9;2-3-1(4)5/h10H,(H,12,13);2H2,(H2,3,4,5). The Bertz CT molecular complexity index is 294. The van der Waals surface area contributed by atoms with Gasteiger partial charge in [-0.1, -0.05) is 0 Å². The maximum absolute atomic E-state index is 11.6. The first-order valence-corrected chi connectivity index (χ1v) is 4.27. The van der Waals surface area contributed by atoms with E-state index in [0.29, 0.717) is 0 Å². The van der Waals surface area contributed by atoms with Crippen molar-refractivity contribution in [3.63, 3.8) is 0 Å². The largest absolute Gasteiger partial charge is 0.502 e. The van der Waals surface area contributed by atoms with Gasteiger partial charge >= 0.3 is 12.6 Å². The number of nitrogens with one attached hydrogen (secondary N) is 2. The van der Waals surface area contributed by atoms with E-state index in [2.05, 4.69) is 30.3 Å². The maximum Gasteiger partial charge on any atom is 0.502 e. The molecule has 0 fully saturated rings. The Hall–Kier alpha value is -1.12. The number of hydrazine groups is 2. The van der Waals surface area contributed by atoms with E-state index in [9.17, 15) is 26.3 Å². The number of nitrogens with two attached hydrogens (primary N) is 1. The summed E-state index contributed by atoms with van der Waals surface area (Å²) in [4.78, 5) is 0. The van der Waals surface area contributed by atoms with Crippen LogP contribution >= 0.6 is 24.4 Å². The summed E-state index contributed by atoms with van der Waals surface area (Å²) in [5.41, 5.74) is 1.83. The molecular weight excluding hydrogens is 314 g/mol. The van der Waals surface area contributed by atoms with E-state index in [1.807, 2.05) is 5.43 Å². The summed E-state index contributed by atoms with van der Waals surface area (Å²) >= 11 is 7.55. The Morgan fingerprint density at radius 1 is 1.06 bits per heavy atom. The number of halogens is 6. The van der Waals surface area contributed by atoms with Crippen molar-refractivity contribution in [1.29, 1.82) is 0 Å². The summed E-state index contributed by atoms with van der Waals surface area (Å²) in [6.07, 6.45) is -10.8. The van der Waals surface area contributed by atoms with E-state index in [0.717, 1.165) is 0 Å². The molecule has 0 aliphatic rings. The van der Waals surface area contributed by atoms with Gasteiger partial charge in [0.1, 0.15) is 0 Å². The van der Waals surface area contributed by atoms with Gasteiger partial charge in [-0.05, 0) is 24.4 Å². The monoisotopic (exact) mass is 320 g/mol. The van der Waals surface area contributed by atoms with E-state index in [1.165, 1.54) is 0 Å². The highest BCUT2D eigenvalue weighted by Gasteiger charge is 2.45. The van der Waals surface area contributed by atoms with Crippen LogP contribution in [0.15, 0.2) is 0 Å². The second-order valence-electron chi connectivity index (χ2n) is 2.14. The van der Waals surface area contributed by atoms with Crippen molar-refractivity contribution in [3.05, 3.63) is 0 Å². The molecule has 0 aromatic carbocycles. The third kappa shape index (κ3) is 11.4. The summed E-state index contributed by atoms with van der Waals surface area (Å²) in [5.74, 6) is 4.53. The maximum atomic E-state index is 11.6. The van der Waals surface area contributed by atoms with E-state index in [1.54, 1.807) is 0 Å². The Labute approximate surface area is 106 Å². The first kappa shape index (κ1) is 19.2. The van der Waals surface area contributed by atoms with E-state index < -0.39 is 22.8 Å². The highest BCUT2D eigenvalue weighted by atomic mass is 32.1. The fourth-order valence-corrected chi connectivity index (χ4v) is 0.496. The van der Waals surface area contributed by atoms with Crippen molar-refractivity contribution in [2.75, 3.05) is 0 Å². The number of hydrogen-bond acceptors (Lipinski definition) is 4. The first-order valence-electron chi connectivity index (χ1n) is 3.45. The van der Waals surface area contributed by atoms with Crippen molar-refractivity contribution in [2.24, 2.45) is 5.84 Å². The molecule has 0 radical (unpaired) electrons. The topological polar surface area (TPSA) is 93.8 Å². The minimum absolute atomic E-state index is 0.0127. The third-order valence-corrected chi connectivity index (χ3v) is 1.11. The minimum Gasteiger partial charge on any atom is -0.486 e. The summed E-state index contributed by atoms with van der Waals surface area (Å²) < 4.78 is 69.0. The number of rotatable bonds is 1. The van der Waals surface area contributed by atoms with Crippen LogP contribution in [0.2, 0.25) is 0 Å². The molecule has 0 aromatic rings. The number of alkyl halides is 6. The normalized spacial score (nSPS) is 11.1. The molecule has 108 valence electrons. The predicted octanol–water partition coefficient (Wildman–Crippen LogP) is 0.968.